The number of carbonyl (C=O) groups is 1. The molecule has 1 aliphatic heterocycles. The zero-order valence-corrected chi connectivity index (χ0v) is 10.5. The van der Waals surface area contributed by atoms with Crippen molar-refractivity contribution in [2.24, 2.45) is 0 Å². The third kappa shape index (κ3) is 2.02. The molecule has 0 amide bonds. The number of carbonyl (C=O) groups excluding carboxylic acids is 1. The summed E-state index contributed by atoms with van der Waals surface area (Å²) in [7, 11) is 0. The molecule has 3 nitrogen and oxygen atoms in total. The van der Waals surface area contributed by atoms with Gasteiger partial charge in [-0.25, -0.2) is 4.79 Å². The van der Waals surface area contributed by atoms with Gasteiger partial charge in [-0.15, -0.1) is 0 Å². The standard InChI is InChI=1S/C14H18O3/c1-4-5-10-6-8(2)11-7-9(3)17-14(16)12(11)13(10)15/h6,9,15H,4-5,7H2,1-3H3/t9-/m1/s1. The number of aryl methyl sites for hydroxylation is 2. The Hall–Kier alpha value is -1.51. The first-order valence-electron chi connectivity index (χ1n) is 6.09. The van der Waals surface area contributed by atoms with Crippen LogP contribution in [0.4, 0.5) is 0 Å². The maximum absolute atomic E-state index is 11.8. The van der Waals surface area contributed by atoms with Crippen LogP contribution in [-0.2, 0) is 17.6 Å². The van der Waals surface area contributed by atoms with E-state index in [1.807, 2.05) is 19.9 Å². The number of phenolic OH excluding ortho intramolecular Hbond substituents is 1. The normalized spacial score (nSPS) is 18.8. The first kappa shape index (κ1) is 12.0. The van der Waals surface area contributed by atoms with Gasteiger partial charge in [-0.2, -0.15) is 0 Å². The molecular weight excluding hydrogens is 216 g/mol. The van der Waals surface area contributed by atoms with E-state index in [2.05, 4.69) is 6.92 Å². The Balaban J connectivity index is 2.58. The van der Waals surface area contributed by atoms with Gasteiger partial charge in [0, 0.05) is 6.42 Å². The number of hydrogen-bond acceptors (Lipinski definition) is 3. The van der Waals surface area contributed by atoms with Crippen LogP contribution in [0.25, 0.3) is 0 Å². The smallest absolute Gasteiger partial charge is 0.342 e. The minimum Gasteiger partial charge on any atom is -0.507 e. The maximum Gasteiger partial charge on any atom is 0.342 e. The Kier molecular flexibility index (Phi) is 3.09. The highest BCUT2D eigenvalue weighted by Crippen LogP contribution is 2.34. The SMILES string of the molecule is CCCc1cc(C)c2c(c1O)C(=O)O[C@H](C)C2. The molecule has 0 fully saturated rings. The summed E-state index contributed by atoms with van der Waals surface area (Å²) in [6.07, 6.45) is 2.30. The summed E-state index contributed by atoms with van der Waals surface area (Å²) in [4.78, 5) is 11.8. The number of aromatic hydroxyl groups is 1. The molecule has 1 heterocycles. The van der Waals surface area contributed by atoms with Crippen molar-refractivity contribution < 1.29 is 14.6 Å². The van der Waals surface area contributed by atoms with E-state index in [9.17, 15) is 9.90 Å². The highest BCUT2D eigenvalue weighted by molar-refractivity contribution is 5.96. The number of fused-ring (bicyclic) bond motifs is 1. The lowest BCUT2D eigenvalue weighted by molar-refractivity contribution is 0.0296. The molecule has 1 aromatic carbocycles. The summed E-state index contributed by atoms with van der Waals surface area (Å²) in [5.41, 5.74) is 3.23. The van der Waals surface area contributed by atoms with Crippen molar-refractivity contribution in [1.82, 2.24) is 0 Å². The van der Waals surface area contributed by atoms with Crippen molar-refractivity contribution in [2.75, 3.05) is 0 Å². The summed E-state index contributed by atoms with van der Waals surface area (Å²) in [6.45, 7) is 5.91. The molecule has 17 heavy (non-hydrogen) atoms. The Morgan fingerprint density at radius 3 is 2.88 bits per heavy atom. The fourth-order valence-electron chi connectivity index (χ4n) is 2.43. The fourth-order valence-corrected chi connectivity index (χ4v) is 2.43. The molecule has 0 aliphatic carbocycles. The monoisotopic (exact) mass is 234 g/mol. The molecule has 0 unspecified atom stereocenters. The number of hydrogen-bond donors (Lipinski definition) is 1. The topological polar surface area (TPSA) is 46.5 Å². The van der Waals surface area contributed by atoms with Gasteiger partial charge in [-0.05, 0) is 37.0 Å². The van der Waals surface area contributed by atoms with E-state index in [1.165, 1.54) is 0 Å². The van der Waals surface area contributed by atoms with E-state index < -0.39 is 5.97 Å². The van der Waals surface area contributed by atoms with E-state index in [1.54, 1.807) is 0 Å². The van der Waals surface area contributed by atoms with Crippen molar-refractivity contribution in [3.05, 3.63) is 28.3 Å². The molecule has 1 aliphatic rings. The van der Waals surface area contributed by atoms with Crippen LogP contribution in [0, 0.1) is 6.92 Å². The van der Waals surface area contributed by atoms with Gasteiger partial charge in [0.2, 0.25) is 0 Å². The van der Waals surface area contributed by atoms with E-state index in [-0.39, 0.29) is 11.9 Å². The van der Waals surface area contributed by atoms with E-state index >= 15 is 0 Å². The molecule has 1 aromatic rings. The third-order valence-corrected chi connectivity index (χ3v) is 3.23. The van der Waals surface area contributed by atoms with E-state index in [0.717, 1.165) is 29.5 Å². The van der Waals surface area contributed by atoms with Crippen LogP contribution in [0.1, 0.15) is 47.3 Å². The number of esters is 1. The molecular formula is C14H18O3. The number of rotatable bonds is 2. The maximum atomic E-state index is 11.8. The van der Waals surface area contributed by atoms with Crippen LogP contribution in [0.5, 0.6) is 5.75 Å². The van der Waals surface area contributed by atoms with E-state index in [0.29, 0.717) is 12.0 Å². The van der Waals surface area contributed by atoms with Crippen LogP contribution < -0.4 is 0 Å². The highest BCUT2D eigenvalue weighted by Gasteiger charge is 2.29. The fraction of sp³-hybridized carbons (Fsp3) is 0.500. The van der Waals surface area contributed by atoms with Gasteiger partial charge in [-0.1, -0.05) is 19.4 Å². The van der Waals surface area contributed by atoms with Crippen molar-refractivity contribution in [3.8, 4) is 5.75 Å². The van der Waals surface area contributed by atoms with Crippen LogP contribution >= 0.6 is 0 Å². The number of benzene rings is 1. The Morgan fingerprint density at radius 2 is 2.24 bits per heavy atom. The molecule has 1 atom stereocenters. The van der Waals surface area contributed by atoms with Crippen molar-refractivity contribution in [3.63, 3.8) is 0 Å². The second kappa shape index (κ2) is 4.40. The molecule has 0 bridgehead atoms. The number of phenols is 1. The lowest BCUT2D eigenvalue weighted by Crippen LogP contribution is -2.26. The summed E-state index contributed by atoms with van der Waals surface area (Å²) < 4.78 is 5.18. The van der Waals surface area contributed by atoms with Gasteiger partial charge in [0.1, 0.15) is 17.4 Å². The zero-order chi connectivity index (χ0) is 12.6. The van der Waals surface area contributed by atoms with E-state index in [4.69, 9.17) is 4.74 Å². The Morgan fingerprint density at radius 1 is 1.53 bits per heavy atom. The van der Waals surface area contributed by atoms with Gasteiger partial charge in [0.15, 0.2) is 0 Å². The average Bonchev–Trinajstić information content (AvgIpc) is 2.25. The molecule has 0 spiro atoms. The second-order valence-electron chi connectivity index (χ2n) is 4.72. The van der Waals surface area contributed by atoms with Crippen LogP contribution in [0.2, 0.25) is 0 Å². The molecule has 0 saturated heterocycles. The largest absolute Gasteiger partial charge is 0.507 e. The molecule has 2 rings (SSSR count). The molecule has 0 aromatic heterocycles. The first-order chi connectivity index (χ1) is 8.04. The Labute approximate surface area is 101 Å². The van der Waals surface area contributed by atoms with Gasteiger partial charge in [0.05, 0.1) is 0 Å². The number of cyclic esters (lactones) is 1. The lowest BCUT2D eigenvalue weighted by atomic mass is 9.90. The third-order valence-electron chi connectivity index (χ3n) is 3.23. The summed E-state index contributed by atoms with van der Waals surface area (Å²) in [5, 5.41) is 10.1. The predicted octanol–water partition coefficient (Wildman–Crippen LogP) is 2.75. The second-order valence-corrected chi connectivity index (χ2v) is 4.72. The van der Waals surface area contributed by atoms with Crippen molar-refractivity contribution in [2.45, 2.75) is 46.1 Å². The molecule has 0 saturated carbocycles. The first-order valence-corrected chi connectivity index (χ1v) is 6.09. The molecule has 1 N–H and O–H groups in total. The number of ether oxygens (including phenoxy) is 1. The highest BCUT2D eigenvalue weighted by atomic mass is 16.5. The van der Waals surface area contributed by atoms with Gasteiger partial charge in [-0.3, -0.25) is 0 Å². The molecule has 3 heteroatoms. The van der Waals surface area contributed by atoms with Crippen molar-refractivity contribution in [1.29, 1.82) is 0 Å². The predicted molar refractivity (Wildman–Crippen MR) is 65.4 cm³/mol. The van der Waals surface area contributed by atoms with Crippen molar-refractivity contribution >= 4 is 5.97 Å². The average molecular weight is 234 g/mol. The van der Waals surface area contributed by atoms with Gasteiger partial charge >= 0.3 is 5.97 Å². The van der Waals surface area contributed by atoms with Crippen LogP contribution in [-0.4, -0.2) is 17.2 Å². The summed E-state index contributed by atoms with van der Waals surface area (Å²) in [5.74, 6) is -0.276. The van der Waals surface area contributed by atoms with Crippen LogP contribution in [0.15, 0.2) is 6.07 Å². The minimum absolute atomic E-state index is 0.106. The quantitative estimate of drug-likeness (QED) is 0.800. The zero-order valence-electron chi connectivity index (χ0n) is 10.5. The summed E-state index contributed by atoms with van der Waals surface area (Å²) >= 11 is 0. The molecule has 92 valence electrons. The minimum atomic E-state index is -0.391. The van der Waals surface area contributed by atoms with Gasteiger partial charge in [0.25, 0.3) is 0 Å². The van der Waals surface area contributed by atoms with Crippen LogP contribution in [0.3, 0.4) is 0 Å². The Bertz CT molecular complexity index is 463. The molecule has 0 radical (unpaired) electrons. The van der Waals surface area contributed by atoms with Gasteiger partial charge < -0.3 is 9.84 Å². The lowest BCUT2D eigenvalue weighted by Gasteiger charge is -2.25. The summed E-state index contributed by atoms with van der Waals surface area (Å²) in [6, 6.07) is 1.99.